The summed E-state index contributed by atoms with van der Waals surface area (Å²) in [6, 6.07) is 1.92. The number of carbonyl (C=O) groups excluding carboxylic acids is 1. The van der Waals surface area contributed by atoms with Gasteiger partial charge in [-0.15, -0.1) is 24.0 Å². The fraction of sp³-hybridized carbons (Fsp3) is 0.722. The van der Waals surface area contributed by atoms with Gasteiger partial charge in [-0.25, -0.2) is 0 Å². The van der Waals surface area contributed by atoms with Crippen molar-refractivity contribution in [2.45, 2.75) is 32.7 Å². The molecule has 0 spiro atoms. The zero-order valence-corrected chi connectivity index (χ0v) is 18.4. The first-order chi connectivity index (χ1) is 12.8. The number of guanidine groups is 1. The summed E-state index contributed by atoms with van der Waals surface area (Å²) in [6.07, 6.45) is 4.26. The fourth-order valence-corrected chi connectivity index (χ4v) is 3.48. The number of aromatic nitrogens is 1. The quantitative estimate of drug-likeness (QED) is 0.270. The lowest BCUT2D eigenvalue weighted by Gasteiger charge is -2.36. The number of likely N-dealkylation sites (tertiary alicyclic amines) is 1. The van der Waals surface area contributed by atoms with Crippen LogP contribution in [0.4, 0.5) is 0 Å². The van der Waals surface area contributed by atoms with Crippen LogP contribution >= 0.6 is 24.0 Å². The van der Waals surface area contributed by atoms with Crippen molar-refractivity contribution in [2.24, 2.45) is 4.99 Å². The molecule has 2 aliphatic heterocycles. The van der Waals surface area contributed by atoms with Gasteiger partial charge in [0.25, 0.3) is 0 Å². The Kier molecular flexibility index (Phi) is 9.32. The number of aliphatic imine (C=N–C) groups is 1. The van der Waals surface area contributed by atoms with Gasteiger partial charge >= 0.3 is 0 Å². The van der Waals surface area contributed by atoms with Crippen LogP contribution in [-0.4, -0.2) is 84.1 Å². The molecule has 1 amide bonds. The minimum Gasteiger partial charge on any atom is -0.364 e. The van der Waals surface area contributed by atoms with Crippen LogP contribution in [0.15, 0.2) is 21.8 Å². The van der Waals surface area contributed by atoms with Crippen LogP contribution in [0, 0.1) is 0 Å². The predicted octanol–water partition coefficient (Wildman–Crippen LogP) is 1.39. The number of rotatable bonds is 7. The molecule has 2 saturated heterocycles. The lowest BCUT2D eigenvalue weighted by atomic mass is 10.3. The first kappa shape index (κ1) is 21.9. The molecule has 0 bridgehead atoms. The molecule has 3 rings (SSSR count). The molecular formula is C18H31IN6O2. The van der Waals surface area contributed by atoms with E-state index in [9.17, 15) is 4.79 Å². The highest BCUT2D eigenvalue weighted by molar-refractivity contribution is 14.0. The lowest BCUT2D eigenvalue weighted by molar-refractivity contribution is -0.127. The maximum absolute atomic E-state index is 11.7. The van der Waals surface area contributed by atoms with Crippen LogP contribution in [0.2, 0.25) is 0 Å². The van der Waals surface area contributed by atoms with Crippen molar-refractivity contribution >= 4 is 35.8 Å². The number of piperazine rings is 1. The van der Waals surface area contributed by atoms with E-state index in [1.165, 1.54) is 0 Å². The zero-order chi connectivity index (χ0) is 18.2. The Balaban J connectivity index is 0.00000261. The normalized spacial score (nSPS) is 18.7. The molecule has 0 atom stereocenters. The van der Waals surface area contributed by atoms with Crippen LogP contribution in [0.5, 0.6) is 0 Å². The van der Waals surface area contributed by atoms with Gasteiger partial charge in [-0.3, -0.25) is 14.7 Å². The number of hydrogen-bond donors (Lipinski definition) is 1. The van der Waals surface area contributed by atoms with Gasteiger partial charge in [0.2, 0.25) is 5.91 Å². The van der Waals surface area contributed by atoms with Crippen molar-refractivity contribution in [3.05, 3.63) is 18.0 Å². The maximum atomic E-state index is 11.7. The van der Waals surface area contributed by atoms with Crippen molar-refractivity contribution in [1.29, 1.82) is 0 Å². The average molecular weight is 490 g/mol. The predicted molar refractivity (Wildman–Crippen MR) is 115 cm³/mol. The number of halogens is 1. The van der Waals surface area contributed by atoms with Crippen LogP contribution in [0.25, 0.3) is 0 Å². The van der Waals surface area contributed by atoms with Gasteiger partial charge in [0.15, 0.2) is 5.96 Å². The van der Waals surface area contributed by atoms with E-state index in [-0.39, 0.29) is 24.0 Å². The van der Waals surface area contributed by atoms with Crippen molar-refractivity contribution in [3.63, 3.8) is 0 Å². The second kappa shape index (κ2) is 11.5. The third kappa shape index (κ3) is 6.63. The summed E-state index contributed by atoms with van der Waals surface area (Å²) >= 11 is 0. The van der Waals surface area contributed by atoms with E-state index < -0.39 is 0 Å². The van der Waals surface area contributed by atoms with Crippen LogP contribution in [-0.2, 0) is 11.3 Å². The smallest absolute Gasteiger partial charge is 0.222 e. The van der Waals surface area contributed by atoms with E-state index in [1.54, 1.807) is 6.26 Å². The summed E-state index contributed by atoms with van der Waals surface area (Å²) < 4.78 is 4.91. The Hall–Kier alpha value is -1.36. The summed E-state index contributed by atoms with van der Waals surface area (Å²) in [5, 5.41) is 7.39. The molecule has 0 aromatic carbocycles. The molecule has 0 radical (unpaired) electrons. The molecule has 0 unspecified atom stereocenters. The number of nitrogens with zero attached hydrogens (tertiary/aromatic N) is 5. The molecule has 27 heavy (non-hydrogen) atoms. The Bertz CT molecular complexity index is 587. The maximum Gasteiger partial charge on any atom is 0.222 e. The Labute approximate surface area is 178 Å². The molecule has 9 heteroatoms. The topological polar surface area (TPSA) is 77.2 Å². The number of amides is 1. The molecule has 2 aliphatic rings. The van der Waals surface area contributed by atoms with E-state index in [2.05, 4.69) is 27.2 Å². The summed E-state index contributed by atoms with van der Waals surface area (Å²) in [6.45, 7) is 10.2. The van der Waals surface area contributed by atoms with Crippen molar-refractivity contribution in [3.8, 4) is 0 Å². The number of hydrogen-bond acceptors (Lipinski definition) is 5. The van der Waals surface area contributed by atoms with Gasteiger partial charge in [-0.05, 0) is 19.8 Å². The SMILES string of the molecule is CCNC(=NCCCN1CCCC1=O)N1CCN(Cc2ccon2)CC1.I. The molecule has 152 valence electrons. The van der Waals surface area contributed by atoms with E-state index >= 15 is 0 Å². The first-order valence-corrected chi connectivity index (χ1v) is 9.69. The first-order valence-electron chi connectivity index (χ1n) is 9.69. The molecule has 8 nitrogen and oxygen atoms in total. The molecule has 1 aromatic heterocycles. The van der Waals surface area contributed by atoms with Crippen LogP contribution < -0.4 is 5.32 Å². The number of carbonyl (C=O) groups is 1. The summed E-state index contributed by atoms with van der Waals surface area (Å²) in [7, 11) is 0. The van der Waals surface area contributed by atoms with Crippen LogP contribution in [0.1, 0.15) is 31.9 Å². The average Bonchev–Trinajstić information content (AvgIpc) is 3.30. The summed E-state index contributed by atoms with van der Waals surface area (Å²) in [4.78, 5) is 23.1. The van der Waals surface area contributed by atoms with Crippen molar-refractivity contribution in [2.75, 3.05) is 52.4 Å². The standard InChI is InChI=1S/C18H30N6O2.HI/c1-2-19-18(20-7-4-9-23-8-3-5-17(23)25)24-12-10-22(11-13-24)15-16-6-14-26-21-16;/h6,14H,2-5,7-13,15H2,1H3,(H,19,20);1H. The molecule has 2 fully saturated rings. The molecule has 1 aromatic rings. The third-order valence-electron chi connectivity index (χ3n) is 4.90. The van der Waals surface area contributed by atoms with Crippen molar-refractivity contribution < 1.29 is 9.32 Å². The van der Waals surface area contributed by atoms with Gasteiger partial charge in [0.1, 0.15) is 6.26 Å². The summed E-state index contributed by atoms with van der Waals surface area (Å²) in [5.74, 6) is 1.28. The molecule has 0 aliphatic carbocycles. The summed E-state index contributed by atoms with van der Waals surface area (Å²) in [5.41, 5.74) is 0.982. The van der Waals surface area contributed by atoms with Crippen molar-refractivity contribution in [1.82, 2.24) is 25.2 Å². The molecule has 1 N–H and O–H groups in total. The highest BCUT2D eigenvalue weighted by Crippen LogP contribution is 2.10. The van der Waals surface area contributed by atoms with E-state index in [0.29, 0.717) is 12.3 Å². The molecule has 3 heterocycles. The minimum atomic E-state index is 0. The Morgan fingerprint density at radius 3 is 2.74 bits per heavy atom. The monoisotopic (exact) mass is 490 g/mol. The largest absolute Gasteiger partial charge is 0.364 e. The molecule has 0 saturated carbocycles. The van der Waals surface area contributed by atoms with Crippen LogP contribution in [0.3, 0.4) is 0 Å². The second-order valence-corrected chi connectivity index (χ2v) is 6.83. The third-order valence-corrected chi connectivity index (χ3v) is 4.90. The minimum absolute atomic E-state index is 0. The van der Waals surface area contributed by atoms with Gasteiger partial charge in [0.05, 0.1) is 5.69 Å². The zero-order valence-electron chi connectivity index (χ0n) is 16.1. The van der Waals surface area contributed by atoms with E-state index in [4.69, 9.17) is 9.52 Å². The number of nitrogens with one attached hydrogen (secondary N) is 1. The highest BCUT2D eigenvalue weighted by Gasteiger charge is 2.21. The fourth-order valence-electron chi connectivity index (χ4n) is 3.48. The lowest BCUT2D eigenvalue weighted by Crippen LogP contribution is -2.52. The molecular weight excluding hydrogens is 459 g/mol. The highest BCUT2D eigenvalue weighted by atomic mass is 127. The van der Waals surface area contributed by atoms with Gasteiger partial charge in [-0.2, -0.15) is 0 Å². The van der Waals surface area contributed by atoms with Gasteiger partial charge < -0.3 is 19.6 Å². The second-order valence-electron chi connectivity index (χ2n) is 6.83. The van der Waals surface area contributed by atoms with Gasteiger partial charge in [-0.1, -0.05) is 5.16 Å². The van der Waals surface area contributed by atoms with Gasteiger partial charge in [0, 0.05) is 71.4 Å². The Morgan fingerprint density at radius 2 is 2.11 bits per heavy atom. The van der Waals surface area contributed by atoms with E-state index in [1.807, 2.05) is 11.0 Å². The Morgan fingerprint density at radius 1 is 1.30 bits per heavy atom. The van der Waals surface area contributed by atoms with E-state index in [0.717, 1.165) is 83.4 Å².